The Kier molecular flexibility index (Phi) is 5.82. The van der Waals surface area contributed by atoms with Crippen molar-refractivity contribution in [1.82, 2.24) is 10.3 Å². The molecule has 0 saturated heterocycles. The van der Waals surface area contributed by atoms with Crippen LogP contribution in [0.15, 0.2) is 60.3 Å². The summed E-state index contributed by atoms with van der Waals surface area (Å²) in [6, 6.07) is 16.5. The molecule has 1 aromatic heterocycles. The number of amides is 1. The minimum Gasteiger partial charge on any atom is -0.360 e. The van der Waals surface area contributed by atoms with Gasteiger partial charge in [0, 0.05) is 24.4 Å². The molecule has 2 N–H and O–H groups in total. The predicted molar refractivity (Wildman–Crippen MR) is 106 cm³/mol. The van der Waals surface area contributed by atoms with E-state index in [1.54, 1.807) is 18.3 Å². The highest BCUT2D eigenvalue weighted by molar-refractivity contribution is 6.05. The quantitative estimate of drug-likeness (QED) is 0.216. The summed E-state index contributed by atoms with van der Waals surface area (Å²) in [6.07, 6.45) is 4.49. The van der Waals surface area contributed by atoms with Crippen molar-refractivity contribution in [3.63, 3.8) is 0 Å². The highest BCUT2D eigenvalue weighted by Crippen LogP contribution is 2.29. The van der Waals surface area contributed by atoms with Gasteiger partial charge in [0.15, 0.2) is 0 Å². The van der Waals surface area contributed by atoms with E-state index in [1.165, 1.54) is 17.7 Å². The molecule has 0 aliphatic carbocycles. The lowest BCUT2D eigenvalue weighted by Gasteiger charge is -2.04. The summed E-state index contributed by atoms with van der Waals surface area (Å²) >= 11 is 0. The van der Waals surface area contributed by atoms with Crippen LogP contribution in [0.1, 0.15) is 17.5 Å². The summed E-state index contributed by atoms with van der Waals surface area (Å²) in [5, 5.41) is 23.7. The second-order valence-corrected chi connectivity index (χ2v) is 6.22. The Bertz CT molecular complexity index is 1080. The highest BCUT2D eigenvalue weighted by atomic mass is 16.6. The Morgan fingerprint density at radius 1 is 1.21 bits per heavy atom. The molecule has 0 radical (unpaired) electrons. The van der Waals surface area contributed by atoms with Gasteiger partial charge in [-0.05, 0) is 30.5 Å². The normalized spacial score (nSPS) is 11.2. The van der Waals surface area contributed by atoms with E-state index in [2.05, 4.69) is 10.3 Å². The highest BCUT2D eigenvalue weighted by Gasteiger charge is 2.17. The molecule has 1 amide bonds. The fourth-order valence-corrected chi connectivity index (χ4v) is 3.00. The number of rotatable bonds is 7. The van der Waals surface area contributed by atoms with Crippen molar-refractivity contribution >= 4 is 28.6 Å². The Morgan fingerprint density at radius 3 is 2.71 bits per heavy atom. The molecular formula is C21H18N4O3. The number of aryl methyl sites for hydroxylation is 1. The van der Waals surface area contributed by atoms with E-state index in [0.29, 0.717) is 23.0 Å². The van der Waals surface area contributed by atoms with E-state index < -0.39 is 10.8 Å². The van der Waals surface area contributed by atoms with Crippen molar-refractivity contribution in [1.29, 1.82) is 5.26 Å². The van der Waals surface area contributed by atoms with Crippen LogP contribution in [-0.4, -0.2) is 22.4 Å². The smallest absolute Gasteiger partial charge is 0.279 e. The molecule has 140 valence electrons. The third-order valence-electron chi connectivity index (χ3n) is 4.35. The first-order chi connectivity index (χ1) is 13.6. The summed E-state index contributed by atoms with van der Waals surface area (Å²) in [5.41, 5.74) is 2.00. The van der Waals surface area contributed by atoms with Crippen molar-refractivity contribution in [2.24, 2.45) is 0 Å². The van der Waals surface area contributed by atoms with E-state index >= 15 is 0 Å². The minimum absolute atomic E-state index is 0.0782. The van der Waals surface area contributed by atoms with Gasteiger partial charge in [-0.25, -0.2) is 0 Å². The number of nitrogens with one attached hydrogen (secondary N) is 2. The fourth-order valence-electron chi connectivity index (χ4n) is 3.00. The number of non-ortho nitro benzene ring substituents is 1. The molecule has 28 heavy (non-hydrogen) atoms. The third kappa shape index (κ3) is 4.24. The zero-order chi connectivity index (χ0) is 19.9. The van der Waals surface area contributed by atoms with Crippen molar-refractivity contribution in [2.75, 3.05) is 6.54 Å². The van der Waals surface area contributed by atoms with Crippen molar-refractivity contribution in [2.45, 2.75) is 12.8 Å². The molecule has 0 saturated carbocycles. The lowest BCUT2D eigenvalue weighted by atomic mass is 10.1. The number of H-pyrrole nitrogens is 1. The molecule has 0 aliphatic heterocycles. The average molecular weight is 374 g/mol. The number of carbonyl (C=O) groups is 1. The van der Waals surface area contributed by atoms with Crippen molar-refractivity contribution < 1.29 is 9.72 Å². The van der Waals surface area contributed by atoms with Gasteiger partial charge in [0.05, 0.1) is 15.8 Å². The van der Waals surface area contributed by atoms with Crippen LogP contribution in [0, 0.1) is 21.4 Å². The average Bonchev–Trinajstić information content (AvgIpc) is 3.12. The van der Waals surface area contributed by atoms with Gasteiger partial charge in [0.2, 0.25) is 0 Å². The minimum atomic E-state index is -0.497. The molecular weight excluding hydrogens is 356 g/mol. The van der Waals surface area contributed by atoms with Gasteiger partial charge in [0.25, 0.3) is 11.6 Å². The Labute approximate surface area is 161 Å². The maximum atomic E-state index is 12.3. The fraction of sp³-hybridized carbons (Fsp3) is 0.143. The topological polar surface area (TPSA) is 112 Å². The number of aromatic nitrogens is 1. The number of aromatic amines is 1. The van der Waals surface area contributed by atoms with Gasteiger partial charge < -0.3 is 10.3 Å². The lowest BCUT2D eigenvalue weighted by molar-refractivity contribution is -0.383. The molecule has 2 aromatic carbocycles. The Balaban J connectivity index is 1.71. The van der Waals surface area contributed by atoms with Crippen LogP contribution in [0.2, 0.25) is 0 Å². The van der Waals surface area contributed by atoms with Crippen LogP contribution in [0.4, 0.5) is 5.69 Å². The number of hydrogen-bond acceptors (Lipinski definition) is 4. The number of fused-ring (bicyclic) bond motifs is 1. The van der Waals surface area contributed by atoms with E-state index in [1.807, 2.05) is 36.4 Å². The summed E-state index contributed by atoms with van der Waals surface area (Å²) in [6.45, 7) is 0.431. The number of nitrogens with zero attached hydrogens (tertiary/aromatic N) is 2. The van der Waals surface area contributed by atoms with Crippen LogP contribution >= 0.6 is 0 Å². The van der Waals surface area contributed by atoms with Crippen molar-refractivity contribution in [3.05, 3.63) is 81.5 Å². The first kappa shape index (κ1) is 18.9. The third-order valence-corrected chi connectivity index (χ3v) is 4.35. The molecule has 0 aliphatic rings. The van der Waals surface area contributed by atoms with Gasteiger partial charge in [-0.2, -0.15) is 5.26 Å². The van der Waals surface area contributed by atoms with Crippen LogP contribution in [-0.2, 0) is 11.2 Å². The number of nitro groups is 1. The van der Waals surface area contributed by atoms with Crippen LogP contribution in [0.25, 0.3) is 17.0 Å². The van der Waals surface area contributed by atoms with E-state index in [0.717, 1.165) is 12.8 Å². The molecule has 3 rings (SSSR count). The number of nitro benzene ring substituents is 1. The molecule has 0 spiro atoms. The monoisotopic (exact) mass is 374 g/mol. The van der Waals surface area contributed by atoms with Gasteiger partial charge in [-0.1, -0.05) is 36.4 Å². The second kappa shape index (κ2) is 8.64. The predicted octanol–water partition coefficient (Wildman–Crippen LogP) is 3.73. The van der Waals surface area contributed by atoms with Crippen molar-refractivity contribution in [3.8, 4) is 6.07 Å². The number of benzene rings is 2. The van der Waals surface area contributed by atoms with E-state index in [-0.39, 0.29) is 11.3 Å². The maximum Gasteiger partial charge on any atom is 0.279 e. The largest absolute Gasteiger partial charge is 0.360 e. The zero-order valence-corrected chi connectivity index (χ0v) is 15.0. The van der Waals surface area contributed by atoms with Gasteiger partial charge in [0.1, 0.15) is 11.6 Å². The van der Waals surface area contributed by atoms with Gasteiger partial charge >= 0.3 is 0 Å². The molecule has 7 nitrogen and oxygen atoms in total. The second-order valence-electron chi connectivity index (χ2n) is 6.22. The number of carbonyl (C=O) groups excluding carboxylic acids is 1. The zero-order valence-electron chi connectivity index (χ0n) is 15.0. The van der Waals surface area contributed by atoms with Crippen LogP contribution in [0.3, 0.4) is 0 Å². The molecule has 0 atom stereocenters. The van der Waals surface area contributed by atoms with Crippen LogP contribution < -0.4 is 5.32 Å². The molecule has 3 aromatic rings. The number of hydrogen-bond donors (Lipinski definition) is 2. The van der Waals surface area contributed by atoms with Gasteiger partial charge in [-0.3, -0.25) is 14.9 Å². The maximum absolute atomic E-state index is 12.3. The molecule has 7 heteroatoms. The van der Waals surface area contributed by atoms with Gasteiger partial charge in [-0.15, -0.1) is 0 Å². The first-order valence-electron chi connectivity index (χ1n) is 8.78. The SMILES string of the molecule is N#C/C(=C\c1c[nH]c2cccc([N+](=O)[O-])c12)C(=O)NCCCc1ccccc1. The van der Waals surface area contributed by atoms with E-state index in [9.17, 15) is 20.2 Å². The van der Waals surface area contributed by atoms with Crippen LogP contribution in [0.5, 0.6) is 0 Å². The molecule has 0 unspecified atom stereocenters. The number of nitriles is 1. The first-order valence-corrected chi connectivity index (χ1v) is 8.78. The standard InChI is InChI=1S/C21H18N4O3/c22-13-16(21(26)23-11-5-8-15-6-2-1-3-7-15)12-17-14-24-18-9-4-10-19(20(17)18)25(27)28/h1-4,6-7,9-10,12,14,24H,5,8,11H2,(H,23,26)/b16-12+. The Hall–Kier alpha value is -3.92. The Morgan fingerprint density at radius 2 is 2.00 bits per heavy atom. The summed E-state index contributed by atoms with van der Waals surface area (Å²) in [7, 11) is 0. The molecule has 1 heterocycles. The van der Waals surface area contributed by atoms with E-state index in [4.69, 9.17) is 0 Å². The summed E-state index contributed by atoms with van der Waals surface area (Å²) < 4.78 is 0. The summed E-state index contributed by atoms with van der Waals surface area (Å²) in [5.74, 6) is -0.497. The molecule has 0 fully saturated rings. The molecule has 0 bridgehead atoms. The summed E-state index contributed by atoms with van der Waals surface area (Å²) in [4.78, 5) is 26.0. The lowest BCUT2D eigenvalue weighted by Crippen LogP contribution is -2.25.